The van der Waals surface area contributed by atoms with Crippen LogP contribution in [0.3, 0.4) is 0 Å². The van der Waals surface area contributed by atoms with Gasteiger partial charge in [0, 0.05) is 21.7 Å². The molecule has 3 rings (SSSR count). The minimum atomic E-state index is -0.423. The van der Waals surface area contributed by atoms with Gasteiger partial charge in [0.1, 0.15) is 12.2 Å². The lowest BCUT2D eigenvalue weighted by molar-refractivity contribution is -0.100. The van der Waals surface area contributed by atoms with Crippen LogP contribution < -0.4 is 0 Å². The van der Waals surface area contributed by atoms with Crippen LogP contribution in [0.1, 0.15) is 127 Å². The smallest absolute Gasteiger partial charge is 0.339 e. The second-order valence-electron chi connectivity index (χ2n) is 12.8. The van der Waals surface area contributed by atoms with Gasteiger partial charge in [-0.15, -0.1) is 0 Å². The lowest BCUT2D eigenvalue weighted by Crippen LogP contribution is -2.49. The lowest BCUT2D eigenvalue weighted by Gasteiger charge is -2.49. The number of carbonyl (C=O) groups excluding carboxylic acids is 2. The van der Waals surface area contributed by atoms with Crippen molar-refractivity contribution in [2.45, 2.75) is 119 Å². The number of hydrogen-bond donors (Lipinski definition) is 0. The van der Waals surface area contributed by atoms with Gasteiger partial charge in [-0.3, -0.25) is 0 Å². The zero-order valence-electron chi connectivity index (χ0n) is 22.8. The van der Waals surface area contributed by atoms with Crippen molar-refractivity contribution in [3.05, 3.63) is 35.4 Å². The van der Waals surface area contributed by atoms with Crippen LogP contribution >= 0.6 is 0 Å². The van der Waals surface area contributed by atoms with Gasteiger partial charge < -0.3 is 9.47 Å². The second-order valence-corrected chi connectivity index (χ2v) is 12.8. The van der Waals surface area contributed by atoms with E-state index in [-0.39, 0.29) is 33.9 Å². The van der Waals surface area contributed by atoms with Gasteiger partial charge in [0.15, 0.2) is 0 Å². The SMILES string of the molecule is CCC1(C)CCCC(C)(C)C1OC(=O)c1ccccc1C(=O)OC1C(C)(C)CCCC1(C)CC. The van der Waals surface area contributed by atoms with Crippen molar-refractivity contribution in [3.8, 4) is 0 Å². The third-order valence-electron chi connectivity index (χ3n) is 9.26. The fourth-order valence-electron chi connectivity index (χ4n) is 6.81. The van der Waals surface area contributed by atoms with Gasteiger partial charge in [-0.25, -0.2) is 9.59 Å². The molecule has 4 heteroatoms. The van der Waals surface area contributed by atoms with Crippen LogP contribution in [0.5, 0.6) is 0 Å². The molecule has 4 nitrogen and oxygen atoms in total. The summed E-state index contributed by atoms with van der Waals surface area (Å²) in [5, 5.41) is 0. The molecule has 4 atom stereocenters. The fourth-order valence-corrected chi connectivity index (χ4v) is 6.81. The van der Waals surface area contributed by atoms with Crippen molar-refractivity contribution in [3.63, 3.8) is 0 Å². The average Bonchev–Trinajstić information content (AvgIpc) is 2.78. The van der Waals surface area contributed by atoms with Crippen LogP contribution in [-0.4, -0.2) is 24.1 Å². The third kappa shape index (κ3) is 5.06. The van der Waals surface area contributed by atoms with Crippen LogP contribution in [-0.2, 0) is 9.47 Å². The molecule has 1 aromatic carbocycles. The van der Waals surface area contributed by atoms with Crippen LogP contribution in [0.25, 0.3) is 0 Å². The molecule has 1 aromatic rings. The minimum absolute atomic E-state index is 0.0675. The molecular formula is C30H46O4. The van der Waals surface area contributed by atoms with Gasteiger partial charge in [-0.05, 0) is 50.7 Å². The van der Waals surface area contributed by atoms with E-state index in [4.69, 9.17) is 9.47 Å². The van der Waals surface area contributed by atoms with Crippen molar-refractivity contribution >= 4 is 11.9 Å². The van der Waals surface area contributed by atoms with Crippen molar-refractivity contribution in [1.82, 2.24) is 0 Å². The Kier molecular flexibility index (Phi) is 7.60. The predicted molar refractivity (Wildman–Crippen MR) is 137 cm³/mol. The summed E-state index contributed by atoms with van der Waals surface area (Å²) in [6.07, 6.45) is 7.92. The Balaban J connectivity index is 1.88. The predicted octanol–water partition coefficient (Wildman–Crippen LogP) is 7.99. The van der Waals surface area contributed by atoms with Gasteiger partial charge in [-0.2, -0.15) is 0 Å². The number of rotatable bonds is 6. The Labute approximate surface area is 207 Å². The Bertz CT molecular complexity index is 828. The summed E-state index contributed by atoms with van der Waals surface area (Å²) >= 11 is 0. The van der Waals surface area contributed by atoms with Crippen LogP contribution in [0.2, 0.25) is 0 Å². The third-order valence-corrected chi connectivity index (χ3v) is 9.26. The molecule has 0 radical (unpaired) electrons. The number of carbonyl (C=O) groups is 2. The van der Waals surface area contributed by atoms with Crippen LogP contribution in [0.15, 0.2) is 24.3 Å². The summed E-state index contributed by atoms with van der Waals surface area (Å²) in [4.78, 5) is 27.0. The molecule has 2 aliphatic carbocycles. The largest absolute Gasteiger partial charge is 0.458 e. The van der Waals surface area contributed by atoms with Gasteiger partial charge in [0.05, 0.1) is 11.1 Å². The van der Waals surface area contributed by atoms with E-state index in [0.29, 0.717) is 11.1 Å². The summed E-state index contributed by atoms with van der Waals surface area (Å²) in [6, 6.07) is 6.98. The molecule has 2 fully saturated rings. The van der Waals surface area contributed by atoms with Gasteiger partial charge in [0.2, 0.25) is 0 Å². The molecule has 4 unspecified atom stereocenters. The molecule has 2 aliphatic rings. The molecule has 0 spiro atoms. The molecule has 0 bridgehead atoms. The highest BCUT2D eigenvalue weighted by Gasteiger charge is 2.50. The first-order chi connectivity index (χ1) is 15.8. The maximum absolute atomic E-state index is 13.5. The van der Waals surface area contributed by atoms with Crippen LogP contribution in [0, 0.1) is 21.7 Å². The summed E-state index contributed by atoms with van der Waals surface area (Å²) in [5.74, 6) is -0.846. The van der Waals surface area contributed by atoms with Gasteiger partial charge in [0.25, 0.3) is 0 Å². The molecule has 0 aliphatic heterocycles. The van der Waals surface area contributed by atoms with Gasteiger partial charge in [-0.1, -0.05) is 80.4 Å². The monoisotopic (exact) mass is 470 g/mol. The molecule has 190 valence electrons. The highest BCUT2D eigenvalue weighted by molar-refractivity contribution is 6.03. The molecule has 2 saturated carbocycles. The topological polar surface area (TPSA) is 52.6 Å². The lowest BCUT2D eigenvalue weighted by atomic mass is 9.61. The Morgan fingerprint density at radius 3 is 1.38 bits per heavy atom. The summed E-state index contributed by atoms with van der Waals surface area (Å²) in [6.45, 7) is 17.5. The number of ether oxygens (including phenoxy) is 2. The Morgan fingerprint density at radius 1 is 0.706 bits per heavy atom. The fraction of sp³-hybridized carbons (Fsp3) is 0.733. The quantitative estimate of drug-likeness (QED) is 0.395. The van der Waals surface area contributed by atoms with Crippen molar-refractivity contribution in [2.24, 2.45) is 21.7 Å². The second kappa shape index (κ2) is 9.66. The molecule has 0 saturated heterocycles. The summed E-state index contributed by atoms with van der Waals surface area (Å²) in [5.41, 5.74) is 0.259. The van der Waals surface area contributed by atoms with E-state index in [0.717, 1.165) is 51.4 Å². The molecule has 0 N–H and O–H groups in total. The minimum Gasteiger partial charge on any atom is -0.458 e. The standard InChI is InChI=1S/C30H46O4/c1-9-29(7)19-13-17-27(3,4)25(29)33-23(31)21-15-11-12-16-22(21)24(32)34-26-28(5,6)18-14-20-30(26,8)10-2/h11-12,15-16,25-26H,9-10,13-14,17-20H2,1-8H3. The highest BCUT2D eigenvalue weighted by Crippen LogP contribution is 2.51. The van der Waals surface area contributed by atoms with E-state index in [1.165, 1.54) is 0 Å². The number of benzene rings is 1. The van der Waals surface area contributed by atoms with Crippen LogP contribution in [0.4, 0.5) is 0 Å². The molecule has 34 heavy (non-hydrogen) atoms. The first kappa shape index (κ1) is 26.8. The average molecular weight is 471 g/mol. The molecule has 0 heterocycles. The summed E-state index contributed by atoms with van der Waals surface area (Å²) < 4.78 is 12.5. The Hall–Kier alpha value is -1.84. The number of esters is 2. The first-order valence-corrected chi connectivity index (χ1v) is 13.3. The normalized spacial score (nSPS) is 32.6. The van der Waals surface area contributed by atoms with E-state index < -0.39 is 11.9 Å². The van der Waals surface area contributed by atoms with Gasteiger partial charge >= 0.3 is 11.9 Å². The van der Waals surface area contributed by atoms with Crippen molar-refractivity contribution in [2.75, 3.05) is 0 Å². The first-order valence-electron chi connectivity index (χ1n) is 13.3. The summed E-state index contributed by atoms with van der Waals surface area (Å²) in [7, 11) is 0. The van der Waals surface area contributed by atoms with E-state index in [9.17, 15) is 9.59 Å². The van der Waals surface area contributed by atoms with E-state index >= 15 is 0 Å². The number of hydrogen-bond acceptors (Lipinski definition) is 4. The zero-order valence-corrected chi connectivity index (χ0v) is 22.8. The van der Waals surface area contributed by atoms with E-state index in [1.807, 2.05) is 0 Å². The van der Waals surface area contributed by atoms with Crippen molar-refractivity contribution in [1.29, 1.82) is 0 Å². The highest BCUT2D eigenvalue weighted by atomic mass is 16.6. The molecule has 0 amide bonds. The maximum Gasteiger partial charge on any atom is 0.339 e. The van der Waals surface area contributed by atoms with E-state index in [2.05, 4.69) is 55.4 Å². The Morgan fingerprint density at radius 2 is 1.06 bits per heavy atom. The zero-order chi connectivity index (χ0) is 25.4. The maximum atomic E-state index is 13.5. The molecule has 0 aromatic heterocycles. The molecular weight excluding hydrogens is 424 g/mol. The van der Waals surface area contributed by atoms with E-state index in [1.54, 1.807) is 24.3 Å². The van der Waals surface area contributed by atoms with Crippen molar-refractivity contribution < 1.29 is 19.1 Å².